The molecule has 3 aromatic carbocycles. The topological polar surface area (TPSA) is 46.9 Å². The van der Waals surface area contributed by atoms with Gasteiger partial charge in [0.1, 0.15) is 11.5 Å². The number of rotatable bonds is 4. The van der Waals surface area contributed by atoms with Gasteiger partial charge in [-0.3, -0.25) is 4.79 Å². The van der Waals surface area contributed by atoms with E-state index in [4.69, 9.17) is 0 Å². The number of nitrogens with zero attached hydrogens (tertiary/aromatic N) is 2. The molecule has 0 radical (unpaired) electrons. The maximum Gasteiger partial charge on any atom is 0.274 e. The number of halogens is 1. The minimum Gasteiger partial charge on any atom is -0.321 e. The molecule has 0 aliphatic carbocycles. The molecular weight excluding hydrogens is 365 g/mol. The van der Waals surface area contributed by atoms with Crippen LogP contribution < -0.4 is 5.32 Å². The summed E-state index contributed by atoms with van der Waals surface area (Å²) in [7, 11) is 0. The van der Waals surface area contributed by atoms with Crippen molar-refractivity contribution in [1.82, 2.24) is 9.78 Å². The van der Waals surface area contributed by atoms with E-state index in [-0.39, 0.29) is 11.7 Å². The maximum absolute atomic E-state index is 13.3. The van der Waals surface area contributed by atoms with Crippen molar-refractivity contribution in [1.29, 1.82) is 0 Å². The van der Waals surface area contributed by atoms with Crippen LogP contribution in [-0.2, 0) is 0 Å². The summed E-state index contributed by atoms with van der Waals surface area (Å²) in [6, 6.07) is 23.2. The minimum absolute atomic E-state index is 0.267. The number of aryl methyl sites for hydroxylation is 2. The molecule has 1 amide bonds. The van der Waals surface area contributed by atoms with Crippen molar-refractivity contribution in [3.05, 3.63) is 102 Å². The molecule has 0 saturated carbocycles. The fraction of sp³-hybridized carbons (Fsp3) is 0.0833. The number of nitrogens with one attached hydrogen (secondary N) is 1. The summed E-state index contributed by atoms with van der Waals surface area (Å²) in [5.41, 5.74) is 5.41. The second kappa shape index (κ2) is 7.72. The molecule has 0 aliphatic rings. The number of carbonyl (C=O) groups excluding carboxylic acids is 1. The lowest BCUT2D eigenvalue weighted by Crippen LogP contribution is -2.17. The SMILES string of the molecule is Cc1ccc(NC(=O)c2cc(-c3ccc(F)cc3)nn2-c2cccc(C)c2)cc1. The quantitative estimate of drug-likeness (QED) is 0.501. The summed E-state index contributed by atoms with van der Waals surface area (Å²) in [4.78, 5) is 13.0. The molecule has 4 nitrogen and oxygen atoms in total. The second-order valence-corrected chi connectivity index (χ2v) is 6.99. The van der Waals surface area contributed by atoms with Gasteiger partial charge in [-0.05, 0) is 74.0 Å². The lowest BCUT2D eigenvalue weighted by atomic mass is 10.1. The Hall–Kier alpha value is -3.73. The largest absolute Gasteiger partial charge is 0.321 e. The van der Waals surface area contributed by atoms with Gasteiger partial charge in [0.05, 0.1) is 11.4 Å². The van der Waals surface area contributed by atoms with Gasteiger partial charge in [0.25, 0.3) is 5.91 Å². The molecule has 0 atom stereocenters. The van der Waals surface area contributed by atoms with Crippen LogP contribution in [0.15, 0.2) is 78.9 Å². The van der Waals surface area contributed by atoms with Gasteiger partial charge in [0.15, 0.2) is 0 Å². The molecule has 4 rings (SSSR count). The zero-order valence-corrected chi connectivity index (χ0v) is 16.2. The van der Waals surface area contributed by atoms with Crippen molar-refractivity contribution in [3.8, 4) is 16.9 Å². The minimum atomic E-state index is -0.316. The average Bonchev–Trinajstić information content (AvgIpc) is 3.16. The molecule has 0 unspecified atom stereocenters. The van der Waals surface area contributed by atoms with Gasteiger partial charge in [-0.15, -0.1) is 0 Å². The Morgan fingerprint density at radius 2 is 1.62 bits per heavy atom. The van der Waals surface area contributed by atoms with E-state index < -0.39 is 0 Å². The number of anilines is 1. The summed E-state index contributed by atoms with van der Waals surface area (Å²) in [6.07, 6.45) is 0. The van der Waals surface area contributed by atoms with Crippen molar-refractivity contribution in [3.63, 3.8) is 0 Å². The lowest BCUT2D eigenvalue weighted by molar-refractivity contribution is 0.101. The molecule has 0 saturated heterocycles. The first-order valence-corrected chi connectivity index (χ1v) is 9.31. The van der Waals surface area contributed by atoms with Crippen LogP contribution >= 0.6 is 0 Å². The van der Waals surface area contributed by atoms with Gasteiger partial charge in [-0.25, -0.2) is 9.07 Å². The van der Waals surface area contributed by atoms with Crippen molar-refractivity contribution in [2.75, 3.05) is 5.32 Å². The third kappa shape index (κ3) is 4.09. The number of hydrogen-bond acceptors (Lipinski definition) is 2. The molecule has 1 aromatic heterocycles. The Bertz CT molecular complexity index is 1160. The zero-order chi connectivity index (χ0) is 20.4. The van der Waals surface area contributed by atoms with Crippen LogP contribution in [0.3, 0.4) is 0 Å². The fourth-order valence-corrected chi connectivity index (χ4v) is 3.09. The van der Waals surface area contributed by atoms with Crippen LogP contribution in [0, 0.1) is 19.7 Å². The standard InChI is InChI=1S/C24H20FN3O/c1-16-6-12-20(13-7-16)26-24(29)23-15-22(18-8-10-19(25)11-9-18)27-28(23)21-5-3-4-17(2)14-21/h3-15H,1-2H3,(H,26,29). The van der Waals surface area contributed by atoms with E-state index in [9.17, 15) is 9.18 Å². The Morgan fingerprint density at radius 1 is 0.897 bits per heavy atom. The van der Waals surface area contributed by atoms with Crippen LogP contribution in [-0.4, -0.2) is 15.7 Å². The molecule has 1 N–H and O–H groups in total. The maximum atomic E-state index is 13.3. The van der Waals surface area contributed by atoms with E-state index in [2.05, 4.69) is 10.4 Å². The van der Waals surface area contributed by atoms with Gasteiger partial charge in [0.2, 0.25) is 0 Å². The first kappa shape index (κ1) is 18.6. The third-order valence-electron chi connectivity index (χ3n) is 4.64. The number of hydrogen-bond donors (Lipinski definition) is 1. The smallest absolute Gasteiger partial charge is 0.274 e. The second-order valence-electron chi connectivity index (χ2n) is 6.99. The molecule has 0 aliphatic heterocycles. The van der Waals surface area contributed by atoms with E-state index in [1.807, 2.05) is 62.4 Å². The lowest BCUT2D eigenvalue weighted by Gasteiger charge is -2.09. The van der Waals surface area contributed by atoms with E-state index in [1.165, 1.54) is 12.1 Å². The number of benzene rings is 3. The van der Waals surface area contributed by atoms with Gasteiger partial charge in [0, 0.05) is 11.3 Å². The normalized spacial score (nSPS) is 10.7. The van der Waals surface area contributed by atoms with Gasteiger partial charge in [-0.1, -0.05) is 29.8 Å². The van der Waals surface area contributed by atoms with Crippen LogP contribution in [0.5, 0.6) is 0 Å². The molecule has 0 spiro atoms. The summed E-state index contributed by atoms with van der Waals surface area (Å²) >= 11 is 0. The predicted molar refractivity (Wildman–Crippen MR) is 113 cm³/mol. The summed E-state index contributed by atoms with van der Waals surface area (Å²) in [6.45, 7) is 3.98. The van der Waals surface area contributed by atoms with Crippen molar-refractivity contribution in [2.45, 2.75) is 13.8 Å². The number of carbonyl (C=O) groups is 1. The Balaban J connectivity index is 1.76. The number of amides is 1. The summed E-state index contributed by atoms with van der Waals surface area (Å²) in [5.74, 6) is -0.583. The monoisotopic (exact) mass is 385 g/mol. The van der Waals surface area contributed by atoms with Crippen LogP contribution in [0.1, 0.15) is 21.6 Å². The predicted octanol–water partition coefficient (Wildman–Crippen LogP) is 5.55. The molecule has 4 aromatic rings. The van der Waals surface area contributed by atoms with E-state index >= 15 is 0 Å². The average molecular weight is 385 g/mol. The van der Waals surface area contributed by atoms with Gasteiger partial charge < -0.3 is 5.32 Å². The Morgan fingerprint density at radius 3 is 2.31 bits per heavy atom. The van der Waals surface area contributed by atoms with Crippen LogP contribution in [0.25, 0.3) is 16.9 Å². The van der Waals surface area contributed by atoms with Crippen LogP contribution in [0.2, 0.25) is 0 Å². The molecule has 0 bridgehead atoms. The van der Waals surface area contributed by atoms with Crippen molar-refractivity contribution in [2.24, 2.45) is 0 Å². The first-order valence-electron chi connectivity index (χ1n) is 9.31. The van der Waals surface area contributed by atoms with E-state index in [0.717, 1.165) is 22.4 Å². The van der Waals surface area contributed by atoms with Crippen molar-refractivity contribution >= 4 is 11.6 Å². The Labute approximate surface area is 168 Å². The molecule has 0 fully saturated rings. The van der Waals surface area contributed by atoms with Gasteiger partial charge >= 0.3 is 0 Å². The highest BCUT2D eigenvalue weighted by atomic mass is 19.1. The highest BCUT2D eigenvalue weighted by molar-refractivity contribution is 6.04. The zero-order valence-electron chi connectivity index (χ0n) is 16.2. The fourth-order valence-electron chi connectivity index (χ4n) is 3.09. The molecular formula is C24H20FN3O. The first-order chi connectivity index (χ1) is 14.0. The molecule has 144 valence electrons. The molecule has 5 heteroatoms. The van der Waals surface area contributed by atoms with E-state index in [1.54, 1.807) is 22.9 Å². The molecule has 1 heterocycles. The van der Waals surface area contributed by atoms with Gasteiger partial charge in [-0.2, -0.15) is 5.10 Å². The highest BCUT2D eigenvalue weighted by Gasteiger charge is 2.18. The Kier molecular flexibility index (Phi) is 4.96. The van der Waals surface area contributed by atoms with Crippen LogP contribution in [0.4, 0.5) is 10.1 Å². The highest BCUT2D eigenvalue weighted by Crippen LogP contribution is 2.23. The summed E-state index contributed by atoms with van der Waals surface area (Å²) < 4.78 is 14.9. The number of aromatic nitrogens is 2. The van der Waals surface area contributed by atoms with E-state index in [0.29, 0.717) is 17.1 Å². The summed E-state index contributed by atoms with van der Waals surface area (Å²) in [5, 5.41) is 7.56. The molecule has 29 heavy (non-hydrogen) atoms. The third-order valence-corrected chi connectivity index (χ3v) is 4.64. The van der Waals surface area contributed by atoms with Crippen molar-refractivity contribution < 1.29 is 9.18 Å².